The molecule has 5 nitrogen and oxygen atoms in total. The lowest BCUT2D eigenvalue weighted by atomic mass is 10.1. The molecule has 0 fully saturated rings. The van der Waals surface area contributed by atoms with Crippen molar-refractivity contribution in [1.82, 2.24) is 5.32 Å². The van der Waals surface area contributed by atoms with E-state index in [1.54, 1.807) is 19.1 Å². The van der Waals surface area contributed by atoms with E-state index in [1.165, 1.54) is 0 Å². The van der Waals surface area contributed by atoms with Gasteiger partial charge in [-0.25, -0.2) is 4.79 Å². The highest BCUT2D eigenvalue weighted by atomic mass is 35.5. The summed E-state index contributed by atoms with van der Waals surface area (Å²) in [6, 6.07) is 4.81. The molecule has 2 amide bonds. The van der Waals surface area contributed by atoms with Crippen molar-refractivity contribution in [3.8, 4) is 0 Å². The second-order valence-corrected chi connectivity index (χ2v) is 4.67. The molecule has 6 heteroatoms. The van der Waals surface area contributed by atoms with Crippen LogP contribution in [0.5, 0.6) is 0 Å². The molecule has 1 rings (SSSR count). The summed E-state index contributed by atoms with van der Waals surface area (Å²) in [7, 11) is 0. The Hall–Kier alpha value is -1.75. The molecule has 0 heterocycles. The fourth-order valence-corrected chi connectivity index (χ4v) is 1.69. The first-order valence-electron chi connectivity index (χ1n) is 5.97. The zero-order chi connectivity index (χ0) is 14.4. The number of hydrogen-bond acceptors (Lipinski definition) is 2. The highest BCUT2D eigenvalue weighted by molar-refractivity contribution is 6.33. The Morgan fingerprint density at radius 1 is 1.42 bits per heavy atom. The zero-order valence-electron chi connectivity index (χ0n) is 10.9. The lowest BCUT2D eigenvalue weighted by Gasteiger charge is -2.13. The number of nitrogens with one attached hydrogen (secondary N) is 2. The normalized spacial score (nSPS) is 11.7. The molecule has 0 aliphatic rings. The number of urea groups is 1. The van der Waals surface area contributed by atoms with Crippen molar-refractivity contribution < 1.29 is 14.7 Å². The van der Waals surface area contributed by atoms with Gasteiger partial charge < -0.3 is 15.7 Å². The van der Waals surface area contributed by atoms with Crippen LogP contribution in [0.3, 0.4) is 0 Å². The zero-order valence-corrected chi connectivity index (χ0v) is 11.6. The average molecular weight is 285 g/mol. The van der Waals surface area contributed by atoms with Crippen LogP contribution in [0.15, 0.2) is 18.2 Å². The molecule has 0 radical (unpaired) electrons. The van der Waals surface area contributed by atoms with Gasteiger partial charge in [-0.15, -0.1) is 0 Å². The van der Waals surface area contributed by atoms with Gasteiger partial charge in [0.1, 0.15) is 0 Å². The number of aryl methyl sites for hydroxylation is 1. The molecular weight excluding hydrogens is 268 g/mol. The standard InChI is InChI=1S/C13H17ClN2O3/c1-3-9(12(17)18)7-15-13(19)16-11-6-8(2)4-5-10(11)14/h4-6,9H,3,7H2,1-2H3,(H,17,18)(H2,15,16,19). The lowest BCUT2D eigenvalue weighted by Crippen LogP contribution is -2.35. The highest BCUT2D eigenvalue weighted by Crippen LogP contribution is 2.22. The Labute approximate surface area is 117 Å². The molecule has 3 N–H and O–H groups in total. The molecule has 0 aromatic heterocycles. The van der Waals surface area contributed by atoms with E-state index < -0.39 is 17.9 Å². The number of halogens is 1. The van der Waals surface area contributed by atoms with E-state index in [9.17, 15) is 9.59 Å². The van der Waals surface area contributed by atoms with Crippen molar-refractivity contribution in [1.29, 1.82) is 0 Å². The van der Waals surface area contributed by atoms with Crippen LogP contribution >= 0.6 is 11.6 Å². The van der Waals surface area contributed by atoms with Gasteiger partial charge in [0.05, 0.1) is 16.6 Å². The van der Waals surface area contributed by atoms with Gasteiger partial charge in [0, 0.05) is 6.54 Å². The summed E-state index contributed by atoms with van der Waals surface area (Å²) in [5, 5.41) is 14.4. The first-order valence-corrected chi connectivity index (χ1v) is 6.35. The number of carbonyl (C=O) groups is 2. The first kappa shape index (κ1) is 15.3. The van der Waals surface area contributed by atoms with Crippen molar-refractivity contribution in [2.45, 2.75) is 20.3 Å². The maximum Gasteiger partial charge on any atom is 0.319 e. The molecule has 0 saturated carbocycles. The molecule has 19 heavy (non-hydrogen) atoms. The van der Waals surface area contributed by atoms with E-state index >= 15 is 0 Å². The number of carboxylic acids is 1. The van der Waals surface area contributed by atoms with Gasteiger partial charge >= 0.3 is 12.0 Å². The molecule has 1 atom stereocenters. The molecule has 1 unspecified atom stereocenters. The number of carboxylic acid groups (broad SMARTS) is 1. The maximum atomic E-state index is 11.6. The van der Waals surface area contributed by atoms with E-state index in [1.807, 2.05) is 13.0 Å². The predicted octanol–water partition coefficient (Wildman–Crippen LogP) is 2.88. The van der Waals surface area contributed by atoms with Crippen molar-refractivity contribution in [3.63, 3.8) is 0 Å². The van der Waals surface area contributed by atoms with E-state index in [0.717, 1.165) is 5.56 Å². The summed E-state index contributed by atoms with van der Waals surface area (Å²) >= 11 is 5.94. The molecule has 0 saturated heterocycles. The minimum atomic E-state index is -0.920. The van der Waals surface area contributed by atoms with E-state index in [-0.39, 0.29) is 6.54 Å². The van der Waals surface area contributed by atoms with Crippen molar-refractivity contribution >= 4 is 29.3 Å². The van der Waals surface area contributed by atoms with Gasteiger partial charge in [0.2, 0.25) is 0 Å². The van der Waals surface area contributed by atoms with Crippen LogP contribution in [0.1, 0.15) is 18.9 Å². The number of amides is 2. The Morgan fingerprint density at radius 3 is 2.68 bits per heavy atom. The number of anilines is 1. The summed E-state index contributed by atoms with van der Waals surface area (Å²) in [6.45, 7) is 3.73. The van der Waals surface area contributed by atoms with Gasteiger partial charge in [-0.1, -0.05) is 24.6 Å². The van der Waals surface area contributed by atoms with E-state index in [4.69, 9.17) is 16.7 Å². The number of benzene rings is 1. The van der Waals surface area contributed by atoms with Gasteiger partial charge in [-0.2, -0.15) is 0 Å². The lowest BCUT2D eigenvalue weighted by molar-refractivity contribution is -0.141. The fraction of sp³-hybridized carbons (Fsp3) is 0.385. The predicted molar refractivity (Wildman–Crippen MR) is 74.6 cm³/mol. The average Bonchev–Trinajstić information content (AvgIpc) is 2.34. The van der Waals surface area contributed by atoms with E-state index in [2.05, 4.69) is 10.6 Å². The third kappa shape index (κ3) is 4.79. The molecule has 0 aliphatic heterocycles. The van der Waals surface area contributed by atoms with Gasteiger partial charge in [-0.3, -0.25) is 4.79 Å². The van der Waals surface area contributed by atoms with Crippen LogP contribution in [-0.4, -0.2) is 23.7 Å². The summed E-state index contributed by atoms with van der Waals surface area (Å²) in [4.78, 5) is 22.5. The quantitative estimate of drug-likeness (QED) is 0.778. The number of rotatable bonds is 5. The van der Waals surface area contributed by atoms with E-state index in [0.29, 0.717) is 17.1 Å². The smallest absolute Gasteiger partial charge is 0.319 e. The number of carbonyl (C=O) groups excluding carboxylic acids is 1. The number of hydrogen-bond donors (Lipinski definition) is 3. The van der Waals surface area contributed by atoms with Crippen LogP contribution in [0.4, 0.5) is 10.5 Å². The minimum Gasteiger partial charge on any atom is -0.481 e. The minimum absolute atomic E-state index is 0.0844. The van der Waals surface area contributed by atoms with Crippen LogP contribution in [0, 0.1) is 12.8 Å². The van der Waals surface area contributed by atoms with Crippen molar-refractivity contribution in [2.24, 2.45) is 5.92 Å². The first-order chi connectivity index (χ1) is 8.93. The molecule has 0 bridgehead atoms. The molecule has 0 spiro atoms. The SMILES string of the molecule is CCC(CNC(=O)Nc1cc(C)ccc1Cl)C(=O)O. The Morgan fingerprint density at radius 2 is 2.11 bits per heavy atom. The largest absolute Gasteiger partial charge is 0.481 e. The van der Waals surface area contributed by atoms with Crippen LogP contribution < -0.4 is 10.6 Å². The van der Waals surface area contributed by atoms with Crippen molar-refractivity contribution in [3.05, 3.63) is 28.8 Å². The van der Waals surface area contributed by atoms with Crippen LogP contribution in [-0.2, 0) is 4.79 Å². The molecular formula is C13H17ClN2O3. The Balaban J connectivity index is 2.56. The van der Waals surface area contributed by atoms with Gasteiger partial charge in [0.25, 0.3) is 0 Å². The van der Waals surface area contributed by atoms with Gasteiger partial charge in [-0.05, 0) is 31.0 Å². The molecule has 1 aromatic rings. The maximum absolute atomic E-state index is 11.6. The van der Waals surface area contributed by atoms with Crippen LogP contribution in [0.2, 0.25) is 5.02 Å². The molecule has 1 aromatic carbocycles. The van der Waals surface area contributed by atoms with Crippen LogP contribution in [0.25, 0.3) is 0 Å². The third-order valence-electron chi connectivity index (χ3n) is 2.72. The Bertz CT molecular complexity index is 477. The molecule has 0 aliphatic carbocycles. The second kappa shape index (κ2) is 6.99. The second-order valence-electron chi connectivity index (χ2n) is 4.26. The summed E-state index contributed by atoms with van der Waals surface area (Å²) in [5.41, 5.74) is 1.47. The van der Waals surface area contributed by atoms with Gasteiger partial charge in [0.15, 0.2) is 0 Å². The topological polar surface area (TPSA) is 78.4 Å². The summed E-state index contributed by atoms with van der Waals surface area (Å²) < 4.78 is 0. The summed E-state index contributed by atoms with van der Waals surface area (Å²) in [5.74, 6) is -1.50. The van der Waals surface area contributed by atoms with Crippen molar-refractivity contribution in [2.75, 3.05) is 11.9 Å². The Kier molecular flexibility index (Phi) is 5.63. The number of aliphatic carboxylic acids is 1. The third-order valence-corrected chi connectivity index (χ3v) is 3.05. The fourth-order valence-electron chi connectivity index (χ4n) is 1.52. The summed E-state index contributed by atoms with van der Waals surface area (Å²) in [6.07, 6.45) is 0.459. The highest BCUT2D eigenvalue weighted by Gasteiger charge is 2.16. The monoisotopic (exact) mass is 284 g/mol. The molecule has 104 valence electrons.